The molecule has 2 heterocycles. The van der Waals surface area contributed by atoms with Crippen LogP contribution in [0.2, 0.25) is 0 Å². The highest BCUT2D eigenvalue weighted by atomic mass is 32.2. The first-order chi connectivity index (χ1) is 13.8. The normalized spacial score (nSPS) is 20.5. The van der Waals surface area contributed by atoms with Crippen LogP contribution >= 0.6 is 0 Å². The molecule has 0 saturated carbocycles. The lowest BCUT2D eigenvalue weighted by Gasteiger charge is -2.37. The smallest absolute Gasteiger partial charge is 0.248 e. The molecule has 2 aromatic rings. The van der Waals surface area contributed by atoms with E-state index >= 15 is 0 Å². The van der Waals surface area contributed by atoms with Crippen LogP contribution < -0.4 is 5.32 Å². The number of aromatic nitrogens is 1. The van der Waals surface area contributed by atoms with Crippen molar-refractivity contribution in [3.63, 3.8) is 0 Å². The molecule has 0 radical (unpaired) electrons. The second-order valence-electron chi connectivity index (χ2n) is 7.70. The largest absolute Gasteiger partial charge is 0.360 e. The summed E-state index contributed by atoms with van der Waals surface area (Å²) in [5, 5.41) is 6.76. The molecule has 29 heavy (non-hydrogen) atoms. The van der Waals surface area contributed by atoms with E-state index in [2.05, 4.69) is 10.5 Å². The van der Waals surface area contributed by atoms with Crippen molar-refractivity contribution in [3.8, 4) is 0 Å². The summed E-state index contributed by atoms with van der Waals surface area (Å²) in [4.78, 5) is 12.6. The maximum absolute atomic E-state index is 13.1. The van der Waals surface area contributed by atoms with Gasteiger partial charge in [0.25, 0.3) is 0 Å². The molecule has 1 aromatic carbocycles. The first kappa shape index (κ1) is 21.5. The standard InChI is InChI=1S/C21H29N3O4S/c1-4-18-14-24(29(26,27)21-15(2)23-28-16(21)3)11-10-19(18)12-20(25)22-13-17-8-6-5-7-9-17/h5-9,18-19H,4,10-14H2,1-3H3,(H,22,25)/t18-,19+/m1/s1. The molecular weight excluding hydrogens is 390 g/mol. The maximum atomic E-state index is 13.1. The molecular formula is C21H29N3O4S. The molecule has 0 aliphatic carbocycles. The number of benzene rings is 1. The molecule has 1 fully saturated rings. The number of rotatable bonds is 7. The summed E-state index contributed by atoms with van der Waals surface area (Å²) in [6, 6.07) is 9.80. The molecule has 2 atom stereocenters. The van der Waals surface area contributed by atoms with Gasteiger partial charge in [0.2, 0.25) is 15.9 Å². The molecule has 158 valence electrons. The lowest BCUT2D eigenvalue weighted by molar-refractivity contribution is -0.122. The van der Waals surface area contributed by atoms with Crippen LogP contribution in [-0.2, 0) is 21.4 Å². The minimum Gasteiger partial charge on any atom is -0.360 e. The first-order valence-electron chi connectivity index (χ1n) is 10.1. The fourth-order valence-electron chi connectivity index (χ4n) is 4.08. The van der Waals surface area contributed by atoms with Crippen LogP contribution in [0.25, 0.3) is 0 Å². The molecule has 1 amide bonds. The Labute approximate surface area is 172 Å². The maximum Gasteiger partial charge on any atom is 0.248 e. The molecule has 7 nitrogen and oxygen atoms in total. The Morgan fingerprint density at radius 2 is 1.97 bits per heavy atom. The van der Waals surface area contributed by atoms with Gasteiger partial charge in [-0.05, 0) is 37.7 Å². The topological polar surface area (TPSA) is 92.5 Å². The molecule has 3 rings (SSSR count). The van der Waals surface area contributed by atoms with Crippen LogP contribution in [0.4, 0.5) is 0 Å². The molecule has 8 heteroatoms. The number of amides is 1. The van der Waals surface area contributed by atoms with Gasteiger partial charge >= 0.3 is 0 Å². The van der Waals surface area contributed by atoms with Gasteiger partial charge in [-0.25, -0.2) is 8.42 Å². The molecule has 1 aromatic heterocycles. The lowest BCUT2D eigenvalue weighted by atomic mass is 9.82. The molecule has 1 saturated heterocycles. The number of nitrogens with one attached hydrogen (secondary N) is 1. The monoisotopic (exact) mass is 419 g/mol. The van der Waals surface area contributed by atoms with E-state index in [-0.39, 0.29) is 22.6 Å². The van der Waals surface area contributed by atoms with Crippen molar-refractivity contribution in [3.05, 3.63) is 47.3 Å². The van der Waals surface area contributed by atoms with Gasteiger partial charge in [-0.1, -0.05) is 48.8 Å². The second-order valence-corrected chi connectivity index (χ2v) is 9.57. The van der Waals surface area contributed by atoms with Crippen LogP contribution in [0.1, 0.15) is 43.2 Å². The number of carbonyl (C=O) groups excluding carboxylic acids is 1. The van der Waals surface area contributed by atoms with Crippen molar-refractivity contribution < 1.29 is 17.7 Å². The molecule has 0 spiro atoms. The molecule has 1 N–H and O–H groups in total. The number of carbonyl (C=O) groups is 1. The van der Waals surface area contributed by atoms with E-state index < -0.39 is 10.0 Å². The summed E-state index contributed by atoms with van der Waals surface area (Å²) in [7, 11) is -3.64. The lowest BCUT2D eigenvalue weighted by Crippen LogP contribution is -2.45. The van der Waals surface area contributed by atoms with E-state index in [9.17, 15) is 13.2 Å². The average molecular weight is 420 g/mol. The highest BCUT2D eigenvalue weighted by molar-refractivity contribution is 7.89. The molecule has 0 unspecified atom stereocenters. The van der Waals surface area contributed by atoms with Crippen molar-refractivity contribution in [1.29, 1.82) is 0 Å². The van der Waals surface area contributed by atoms with Crippen molar-refractivity contribution in [2.45, 2.75) is 51.5 Å². The first-order valence-corrected chi connectivity index (χ1v) is 11.5. The van der Waals surface area contributed by atoms with E-state index in [4.69, 9.17) is 4.52 Å². The van der Waals surface area contributed by atoms with Crippen LogP contribution in [0.5, 0.6) is 0 Å². The quantitative estimate of drug-likeness (QED) is 0.745. The Morgan fingerprint density at radius 1 is 1.24 bits per heavy atom. The van der Waals surface area contributed by atoms with Gasteiger partial charge in [0.1, 0.15) is 10.6 Å². The minimum absolute atomic E-state index is 0.0133. The minimum atomic E-state index is -3.64. The van der Waals surface area contributed by atoms with Crippen LogP contribution in [-0.4, -0.2) is 36.9 Å². The molecule has 1 aliphatic heterocycles. The SMILES string of the molecule is CC[C@@H]1CN(S(=O)(=O)c2c(C)noc2C)CC[C@H]1CC(=O)NCc1ccccc1. The predicted molar refractivity (Wildman–Crippen MR) is 110 cm³/mol. The fourth-order valence-corrected chi connectivity index (χ4v) is 5.88. The zero-order valence-electron chi connectivity index (χ0n) is 17.2. The van der Waals surface area contributed by atoms with Gasteiger partial charge in [-0.15, -0.1) is 0 Å². The summed E-state index contributed by atoms with van der Waals surface area (Å²) in [5.41, 5.74) is 1.45. The number of hydrogen-bond acceptors (Lipinski definition) is 5. The van der Waals surface area contributed by atoms with Gasteiger partial charge in [-0.3, -0.25) is 4.79 Å². The average Bonchev–Trinajstić information content (AvgIpc) is 3.06. The van der Waals surface area contributed by atoms with Gasteiger partial charge in [0.15, 0.2) is 5.76 Å². The Kier molecular flexibility index (Phi) is 6.74. The Morgan fingerprint density at radius 3 is 2.59 bits per heavy atom. The summed E-state index contributed by atoms with van der Waals surface area (Å²) in [5.74, 6) is 0.644. The van der Waals surface area contributed by atoms with E-state index in [1.165, 1.54) is 4.31 Å². The number of nitrogens with zero attached hydrogens (tertiary/aromatic N) is 2. The summed E-state index contributed by atoms with van der Waals surface area (Å²) in [6.45, 7) is 6.64. The summed E-state index contributed by atoms with van der Waals surface area (Å²) in [6.07, 6.45) is 1.91. The van der Waals surface area contributed by atoms with Crippen LogP contribution in [0.15, 0.2) is 39.8 Å². The van der Waals surface area contributed by atoms with Gasteiger partial charge in [-0.2, -0.15) is 4.31 Å². The third kappa shape index (κ3) is 4.87. The van der Waals surface area contributed by atoms with E-state index in [1.54, 1.807) is 13.8 Å². The summed E-state index contributed by atoms with van der Waals surface area (Å²) >= 11 is 0. The number of piperidine rings is 1. The van der Waals surface area contributed by atoms with Gasteiger partial charge in [0, 0.05) is 26.1 Å². The highest BCUT2D eigenvalue weighted by Gasteiger charge is 2.38. The Balaban J connectivity index is 1.61. The van der Waals surface area contributed by atoms with E-state index in [0.717, 1.165) is 12.0 Å². The van der Waals surface area contributed by atoms with Crippen LogP contribution in [0.3, 0.4) is 0 Å². The zero-order valence-corrected chi connectivity index (χ0v) is 18.0. The number of aryl methyl sites for hydroxylation is 2. The Hall–Kier alpha value is -2.19. The van der Waals surface area contributed by atoms with Gasteiger partial charge < -0.3 is 9.84 Å². The molecule has 0 bridgehead atoms. The third-order valence-electron chi connectivity index (χ3n) is 5.72. The van der Waals surface area contributed by atoms with Crippen molar-refractivity contribution in [2.75, 3.05) is 13.1 Å². The third-order valence-corrected chi connectivity index (χ3v) is 7.83. The van der Waals surface area contributed by atoms with Gasteiger partial charge in [0.05, 0.1) is 0 Å². The summed E-state index contributed by atoms with van der Waals surface area (Å²) < 4.78 is 32.7. The van der Waals surface area contributed by atoms with Crippen LogP contribution in [0, 0.1) is 25.7 Å². The van der Waals surface area contributed by atoms with Crippen molar-refractivity contribution >= 4 is 15.9 Å². The Bertz CT molecular complexity index is 921. The molecule has 1 aliphatic rings. The van der Waals surface area contributed by atoms with Crippen molar-refractivity contribution in [2.24, 2.45) is 11.8 Å². The predicted octanol–water partition coefficient (Wildman–Crippen LogP) is 3.03. The fraction of sp³-hybridized carbons (Fsp3) is 0.524. The number of hydrogen-bond donors (Lipinski definition) is 1. The van der Waals surface area contributed by atoms with E-state index in [0.29, 0.717) is 43.9 Å². The number of sulfonamides is 1. The second kappa shape index (κ2) is 9.09. The zero-order chi connectivity index (χ0) is 21.0. The highest BCUT2D eigenvalue weighted by Crippen LogP contribution is 2.33. The van der Waals surface area contributed by atoms with E-state index in [1.807, 2.05) is 37.3 Å². The van der Waals surface area contributed by atoms with Crippen molar-refractivity contribution in [1.82, 2.24) is 14.8 Å².